The van der Waals surface area contributed by atoms with Gasteiger partial charge in [0.2, 0.25) is 0 Å². The first-order chi connectivity index (χ1) is 9.74. The second kappa shape index (κ2) is 5.94. The van der Waals surface area contributed by atoms with E-state index in [1.807, 2.05) is 18.2 Å². The van der Waals surface area contributed by atoms with E-state index in [2.05, 4.69) is 11.0 Å². The molecule has 3 N–H and O–H groups in total. The highest BCUT2D eigenvalue weighted by Gasteiger charge is 2.33. The molecule has 0 amide bonds. The monoisotopic (exact) mass is 273 g/mol. The van der Waals surface area contributed by atoms with E-state index in [0.29, 0.717) is 12.1 Å². The van der Waals surface area contributed by atoms with Crippen LogP contribution in [0.2, 0.25) is 0 Å². The first-order valence-electron chi connectivity index (χ1n) is 7.53. The van der Waals surface area contributed by atoms with Crippen molar-refractivity contribution in [2.75, 3.05) is 13.2 Å². The van der Waals surface area contributed by atoms with E-state index in [4.69, 9.17) is 15.9 Å². The maximum absolute atomic E-state index is 7.54. The van der Waals surface area contributed by atoms with Crippen LogP contribution in [-0.4, -0.2) is 36.0 Å². The first kappa shape index (κ1) is 13.6. The Bertz CT molecular complexity index is 486. The van der Waals surface area contributed by atoms with E-state index < -0.39 is 0 Å². The number of nitrogen functional groups attached to an aromatic ring is 1. The molecule has 0 spiro atoms. The number of ether oxygens (including phenoxy) is 1. The number of morpholine rings is 1. The van der Waals surface area contributed by atoms with Crippen LogP contribution < -0.4 is 5.73 Å². The summed E-state index contributed by atoms with van der Waals surface area (Å²) in [7, 11) is 0. The van der Waals surface area contributed by atoms with Crippen LogP contribution in [0.15, 0.2) is 24.3 Å². The smallest absolute Gasteiger partial charge is 0.122 e. The predicted molar refractivity (Wildman–Crippen MR) is 79.9 cm³/mol. The second-order valence-electron chi connectivity index (χ2n) is 5.85. The van der Waals surface area contributed by atoms with Crippen LogP contribution in [0, 0.1) is 5.41 Å². The lowest BCUT2D eigenvalue weighted by Gasteiger charge is -2.43. The second-order valence-corrected chi connectivity index (χ2v) is 5.85. The highest BCUT2D eigenvalue weighted by atomic mass is 16.5. The fraction of sp³-hybridized carbons (Fsp3) is 0.562. The number of nitrogens with zero attached hydrogens (tertiary/aromatic N) is 1. The molecule has 2 atom stereocenters. The zero-order valence-corrected chi connectivity index (χ0v) is 11.8. The lowest BCUT2D eigenvalue weighted by molar-refractivity contribution is -0.0911. The van der Waals surface area contributed by atoms with Gasteiger partial charge in [0.15, 0.2) is 0 Å². The molecule has 1 aromatic rings. The summed E-state index contributed by atoms with van der Waals surface area (Å²) < 4.78 is 5.92. The van der Waals surface area contributed by atoms with Gasteiger partial charge in [-0.25, -0.2) is 0 Å². The van der Waals surface area contributed by atoms with Crippen molar-refractivity contribution in [3.8, 4) is 0 Å². The van der Waals surface area contributed by atoms with E-state index >= 15 is 0 Å². The van der Waals surface area contributed by atoms with Crippen molar-refractivity contribution in [1.29, 1.82) is 5.41 Å². The molecule has 108 valence electrons. The minimum Gasteiger partial charge on any atom is -0.384 e. The maximum Gasteiger partial charge on any atom is 0.122 e. The van der Waals surface area contributed by atoms with Gasteiger partial charge in [0.1, 0.15) is 5.84 Å². The van der Waals surface area contributed by atoms with Gasteiger partial charge in [-0.15, -0.1) is 0 Å². The number of benzene rings is 1. The van der Waals surface area contributed by atoms with E-state index in [0.717, 1.165) is 25.3 Å². The molecule has 2 aliphatic rings. The van der Waals surface area contributed by atoms with E-state index in [1.54, 1.807) is 0 Å². The Morgan fingerprint density at radius 1 is 1.35 bits per heavy atom. The summed E-state index contributed by atoms with van der Waals surface area (Å²) in [5.41, 5.74) is 7.63. The summed E-state index contributed by atoms with van der Waals surface area (Å²) in [5.74, 6) is 0.143. The van der Waals surface area contributed by atoms with Crippen molar-refractivity contribution in [3.63, 3.8) is 0 Å². The third-order valence-corrected chi connectivity index (χ3v) is 4.47. The van der Waals surface area contributed by atoms with Crippen molar-refractivity contribution >= 4 is 5.84 Å². The Morgan fingerprint density at radius 2 is 2.20 bits per heavy atom. The predicted octanol–water partition coefficient (Wildman–Crippen LogP) is 2.11. The van der Waals surface area contributed by atoms with Gasteiger partial charge in [-0.1, -0.05) is 31.0 Å². The summed E-state index contributed by atoms with van der Waals surface area (Å²) in [6, 6.07) is 8.62. The van der Waals surface area contributed by atoms with Crippen molar-refractivity contribution in [2.24, 2.45) is 5.73 Å². The third kappa shape index (κ3) is 2.86. The molecule has 1 saturated carbocycles. The molecule has 3 rings (SSSR count). The van der Waals surface area contributed by atoms with Crippen LogP contribution in [0.3, 0.4) is 0 Å². The number of amidine groups is 1. The number of rotatable bonds is 3. The molecule has 4 nitrogen and oxygen atoms in total. The Hall–Kier alpha value is -1.39. The molecular formula is C16H23N3O. The molecule has 20 heavy (non-hydrogen) atoms. The molecule has 0 radical (unpaired) electrons. The van der Waals surface area contributed by atoms with Gasteiger partial charge in [0, 0.05) is 24.7 Å². The summed E-state index contributed by atoms with van der Waals surface area (Å²) in [6.07, 6.45) is 5.49. The minimum absolute atomic E-state index is 0.143. The highest BCUT2D eigenvalue weighted by molar-refractivity contribution is 5.95. The van der Waals surface area contributed by atoms with Crippen LogP contribution in [-0.2, 0) is 11.3 Å². The molecule has 0 bridgehead atoms. The van der Waals surface area contributed by atoms with Gasteiger partial charge < -0.3 is 10.5 Å². The van der Waals surface area contributed by atoms with Crippen molar-refractivity contribution in [3.05, 3.63) is 35.4 Å². The lowest BCUT2D eigenvalue weighted by Crippen LogP contribution is -2.52. The minimum atomic E-state index is 0.143. The zero-order valence-electron chi connectivity index (χ0n) is 11.8. The Morgan fingerprint density at radius 3 is 3.05 bits per heavy atom. The summed E-state index contributed by atoms with van der Waals surface area (Å²) in [6.45, 7) is 2.78. The SMILES string of the molecule is N=C(N)c1cccc(CN2CCOC3CCCCC32)c1. The lowest BCUT2D eigenvalue weighted by atomic mass is 9.90. The normalized spacial score (nSPS) is 27.0. The fourth-order valence-corrected chi connectivity index (χ4v) is 3.44. The number of fused-ring (bicyclic) bond motifs is 1. The molecule has 2 fully saturated rings. The average Bonchev–Trinajstić information content (AvgIpc) is 2.48. The Labute approximate surface area is 120 Å². The van der Waals surface area contributed by atoms with Crippen molar-refractivity contribution in [1.82, 2.24) is 4.90 Å². The molecule has 1 heterocycles. The van der Waals surface area contributed by atoms with Gasteiger partial charge in [0.25, 0.3) is 0 Å². The molecule has 4 heteroatoms. The quantitative estimate of drug-likeness (QED) is 0.655. The molecule has 2 unspecified atom stereocenters. The number of nitrogens with one attached hydrogen (secondary N) is 1. The van der Waals surface area contributed by atoms with Crippen LogP contribution >= 0.6 is 0 Å². The standard InChI is InChI=1S/C16H23N3O/c17-16(18)13-5-3-4-12(10-13)11-19-8-9-20-15-7-2-1-6-14(15)19/h3-5,10,14-15H,1-2,6-9,11H2,(H3,17,18). The fourth-order valence-electron chi connectivity index (χ4n) is 3.44. The van der Waals surface area contributed by atoms with Gasteiger partial charge in [-0.05, 0) is 24.5 Å². The van der Waals surface area contributed by atoms with Crippen molar-refractivity contribution < 1.29 is 4.74 Å². The van der Waals surface area contributed by atoms with Crippen LogP contribution in [0.25, 0.3) is 0 Å². The van der Waals surface area contributed by atoms with E-state index in [-0.39, 0.29) is 5.84 Å². The Kier molecular flexibility index (Phi) is 4.03. The van der Waals surface area contributed by atoms with E-state index in [9.17, 15) is 0 Å². The first-order valence-corrected chi connectivity index (χ1v) is 7.53. The molecule has 0 aromatic heterocycles. The summed E-state index contributed by atoms with van der Waals surface area (Å²) in [4.78, 5) is 2.55. The van der Waals surface area contributed by atoms with Crippen LogP contribution in [0.5, 0.6) is 0 Å². The largest absolute Gasteiger partial charge is 0.384 e. The van der Waals surface area contributed by atoms with Crippen molar-refractivity contribution in [2.45, 2.75) is 44.4 Å². The molecule has 1 aliphatic heterocycles. The summed E-state index contributed by atoms with van der Waals surface area (Å²) in [5, 5.41) is 7.54. The molecular weight excluding hydrogens is 250 g/mol. The molecule has 1 aromatic carbocycles. The number of hydrogen-bond acceptors (Lipinski definition) is 3. The van der Waals surface area contributed by atoms with Crippen LogP contribution in [0.4, 0.5) is 0 Å². The average molecular weight is 273 g/mol. The molecule has 1 saturated heterocycles. The van der Waals surface area contributed by atoms with Crippen LogP contribution in [0.1, 0.15) is 36.8 Å². The van der Waals surface area contributed by atoms with Gasteiger partial charge in [0.05, 0.1) is 12.7 Å². The molecule has 1 aliphatic carbocycles. The van der Waals surface area contributed by atoms with Gasteiger partial charge in [-0.3, -0.25) is 10.3 Å². The van der Waals surface area contributed by atoms with E-state index in [1.165, 1.54) is 31.2 Å². The maximum atomic E-state index is 7.54. The number of hydrogen-bond donors (Lipinski definition) is 2. The van der Waals surface area contributed by atoms with Gasteiger partial charge >= 0.3 is 0 Å². The summed E-state index contributed by atoms with van der Waals surface area (Å²) >= 11 is 0. The number of nitrogens with two attached hydrogens (primary N) is 1. The zero-order chi connectivity index (χ0) is 13.9. The van der Waals surface area contributed by atoms with Gasteiger partial charge in [-0.2, -0.15) is 0 Å². The third-order valence-electron chi connectivity index (χ3n) is 4.47. The Balaban J connectivity index is 1.72. The highest BCUT2D eigenvalue weighted by Crippen LogP contribution is 2.29. The topological polar surface area (TPSA) is 62.3 Å².